The molecule has 0 aliphatic carbocycles. The first kappa shape index (κ1) is 28.6. The molecule has 0 fully saturated rings. The maximum atomic E-state index is 2.31. The average molecular weight is 385 g/mol. The third kappa shape index (κ3) is 11.3. The Morgan fingerprint density at radius 2 is 0.643 bits per heavy atom. The highest BCUT2D eigenvalue weighted by Crippen LogP contribution is 2.20. The van der Waals surface area contributed by atoms with E-state index in [1.807, 2.05) is 27.7 Å². The van der Waals surface area contributed by atoms with Crippen LogP contribution in [0.5, 0.6) is 0 Å². The molecule has 0 N–H and O–H groups in total. The van der Waals surface area contributed by atoms with E-state index in [-0.39, 0.29) is 0 Å². The van der Waals surface area contributed by atoms with Crippen molar-refractivity contribution < 1.29 is 0 Å². The van der Waals surface area contributed by atoms with Crippen molar-refractivity contribution in [2.45, 2.75) is 107 Å². The maximum absolute atomic E-state index is 2.31. The van der Waals surface area contributed by atoms with Gasteiger partial charge in [-0.25, -0.2) is 0 Å². The van der Waals surface area contributed by atoms with Gasteiger partial charge in [-0.1, -0.05) is 132 Å². The fourth-order valence-corrected chi connectivity index (χ4v) is 2.54. The molecule has 160 valence electrons. The van der Waals surface area contributed by atoms with Gasteiger partial charge in [0.05, 0.1) is 0 Å². The van der Waals surface area contributed by atoms with Gasteiger partial charge >= 0.3 is 0 Å². The summed E-state index contributed by atoms with van der Waals surface area (Å²) in [5, 5.41) is 0. The Bertz CT molecular complexity index is 535. The molecule has 0 aliphatic heterocycles. The van der Waals surface area contributed by atoms with Crippen molar-refractivity contribution in [2.24, 2.45) is 0 Å². The molecule has 0 nitrogen and oxygen atoms in total. The molecule has 0 saturated carbocycles. The molecule has 0 heteroatoms. The third-order valence-electron chi connectivity index (χ3n) is 4.51. The van der Waals surface area contributed by atoms with Crippen LogP contribution in [0.2, 0.25) is 0 Å². The Kier molecular flexibility index (Phi) is 16.8. The van der Waals surface area contributed by atoms with Crippen LogP contribution in [0.3, 0.4) is 0 Å². The predicted octanol–water partition coefficient (Wildman–Crippen LogP) is 9.92. The van der Waals surface area contributed by atoms with Crippen molar-refractivity contribution in [1.29, 1.82) is 0 Å². The van der Waals surface area contributed by atoms with E-state index in [2.05, 4.69) is 104 Å². The molecule has 0 atom stereocenters. The molecule has 0 aromatic heterocycles. The van der Waals surface area contributed by atoms with E-state index in [9.17, 15) is 0 Å². The first-order valence-corrected chi connectivity index (χ1v) is 11.4. The molecule has 2 aromatic carbocycles. The first-order chi connectivity index (χ1) is 13.2. The molecule has 0 spiro atoms. The highest BCUT2D eigenvalue weighted by Gasteiger charge is 2.02. The van der Waals surface area contributed by atoms with Crippen LogP contribution in [-0.4, -0.2) is 0 Å². The fraction of sp³-hybridized carbons (Fsp3) is 0.571. The largest absolute Gasteiger partial charge is 0.0683 e. The first-order valence-electron chi connectivity index (χ1n) is 11.4. The van der Waals surface area contributed by atoms with Crippen LogP contribution in [-0.2, 0) is 0 Å². The molecule has 0 radical (unpaired) electrons. The summed E-state index contributed by atoms with van der Waals surface area (Å²) in [6, 6.07) is 17.8. The van der Waals surface area contributed by atoms with Crippen molar-refractivity contribution in [3.63, 3.8) is 0 Å². The summed E-state index contributed by atoms with van der Waals surface area (Å²) >= 11 is 0. The Morgan fingerprint density at radius 1 is 0.393 bits per heavy atom. The lowest BCUT2D eigenvalue weighted by atomic mass is 9.96. The number of hydrogen-bond donors (Lipinski definition) is 0. The number of benzene rings is 2. The summed E-state index contributed by atoms with van der Waals surface area (Å²) < 4.78 is 0. The van der Waals surface area contributed by atoms with Gasteiger partial charge in [0.15, 0.2) is 0 Å². The summed E-state index contributed by atoms with van der Waals surface area (Å²) in [4.78, 5) is 0. The molecule has 28 heavy (non-hydrogen) atoms. The lowest BCUT2D eigenvalue weighted by molar-refractivity contribution is 0.834. The van der Waals surface area contributed by atoms with Crippen molar-refractivity contribution in [3.05, 3.63) is 70.8 Å². The quantitative estimate of drug-likeness (QED) is 0.492. The Hall–Kier alpha value is -1.56. The normalized spacial score (nSPS) is 10.0. The molecule has 2 aromatic rings. The second kappa shape index (κ2) is 16.4. The highest BCUT2D eigenvalue weighted by molar-refractivity contribution is 5.28. The van der Waals surface area contributed by atoms with Gasteiger partial charge in [0.1, 0.15) is 0 Å². The summed E-state index contributed by atoms with van der Waals surface area (Å²) in [5.74, 6) is 2.57. The van der Waals surface area contributed by atoms with E-state index in [0.29, 0.717) is 23.7 Å². The zero-order valence-electron chi connectivity index (χ0n) is 20.9. The van der Waals surface area contributed by atoms with Gasteiger partial charge in [-0.05, 0) is 45.9 Å². The Labute approximate surface area is 177 Å². The lowest BCUT2D eigenvalue weighted by Gasteiger charge is -2.09. The zero-order chi connectivity index (χ0) is 22.3. The minimum absolute atomic E-state index is 0.642. The van der Waals surface area contributed by atoms with Gasteiger partial charge in [-0.2, -0.15) is 0 Å². The van der Waals surface area contributed by atoms with Crippen LogP contribution in [0.25, 0.3) is 0 Å². The van der Waals surface area contributed by atoms with Crippen molar-refractivity contribution >= 4 is 0 Å². The van der Waals surface area contributed by atoms with Gasteiger partial charge < -0.3 is 0 Å². The second-order valence-electron chi connectivity index (χ2n) is 7.96. The highest BCUT2D eigenvalue weighted by atomic mass is 14.1. The third-order valence-corrected chi connectivity index (χ3v) is 4.51. The van der Waals surface area contributed by atoms with Gasteiger partial charge in [0.2, 0.25) is 0 Å². The molecule has 0 amide bonds. The molecular formula is C28H48. The SMILES string of the molecule is CC.CC.CC(C)c1ccc(C(C)C)cc1.CC(C)c1cccc(C(C)C)c1. The molecule has 0 saturated heterocycles. The molecule has 0 unspecified atom stereocenters. The summed E-state index contributed by atoms with van der Waals surface area (Å²) in [6.07, 6.45) is 0. The summed E-state index contributed by atoms with van der Waals surface area (Å²) in [5.41, 5.74) is 5.75. The smallest absolute Gasteiger partial charge is 0.0219 e. The monoisotopic (exact) mass is 384 g/mol. The Morgan fingerprint density at radius 3 is 0.857 bits per heavy atom. The van der Waals surface area contributed by atoms with E-state index < -0.39 is 0 Å². The maximum Gasteiger partial charge on any atom is -0.0219 e. The fourth-order valence-electron chi connectivity index (χ4n) is 2.54. The van der Waals surface area contributed by atoms with Gasteiger partial charge in [0.25, 0.3) is 0 Å². The van der Waals surface area contributed by atoms with Crippen molar-refractivity contribution in [3.8, 4) is 0 Å². The van der Waals surface area contributed by atoms with Crippen molar-refractivity contribution in [2.75, 3.05) is 0 Å². The van der Waals surface area contributed by atoms with Gasteiger partial charge in [0, 0.05) is 0 Å². The van der Waals surface area contributed by atoms with Gasteiger partial charge in [-0.3, -0.25) is 0 Å². The number of hydrogen-bond acceptors (Lipinski definition) is 0. The summed E-state index contributed by atoms with van der Waals surface area (Å²) in [6.45, 7) is 25.8. The minimum Gasteiger partial charge on any atom is -0.0683 e. The van der Waals surface area contributed by atoms with Crippen LogP contribution < -0.4 is 0 Å². The van der Waals surface area contributed by atoms with Gasteiger partial charge in [-0.15, -0.1) is 0 Å². The predicted molar refractivity (Wildman–Crippen MR) is 132 cm³/mol. The van der Waals surface area contributed by atoms with Crippen LogP contribution in [0.4, 0.5) is 0 Å². The van der Waals surface area contributed by atoms with Crippen LogP contribution in [0.1, 0.15) is 129 Å². The van der Waals surface area contributed by atoms with Crippen LogP contribution in [0, 0.1) is 0 Å². The zero-order valence-corrected chi connectivity index (χ0v) is 20.9. The van der Waals surface area contributed by atoms with Crippen LogP contribution >= 0.6 is 0 Å². The molecule has 2 rings (SSSR count). The van der Waals surface area contributed by atoms with Crippen LogP contribution in [0.15, 0.2) is 48.5 Å². The average Bonchev–Trinajstić information content (AvgIpc) is 2.71. The topological polar surface area (TPSA) is 0 Å². The van der Waals surface area contributed by atoms with E-state index in [1.54, 1.807) is 0 Å². The Balaban J connectivity index is 0. The molecule has 0 aliphatic rings. The van der Waals surface area contributed by atoms with E-state index in [1.165, 1.54) is 22.3 Å². The van der Waals surface area contributed by atoms with E-state index in [4.69, 9.17) is 0 Å². The molecule has 0 heterocycles. The van der Waals surface area contributed by atoms with E-state index >= 15 is 0 Å². The second-order valence-corrected chi connectivity index (χ2v) is 7.96. The van der Waals surface area contributed by atoms with E-state index in [0.717, 1.165) is 0 Å². The van der Waals surface area contributed by atoms with Crippen molar-refractivity contribution in [1.82, 2.24) is 0 Å². The number of rotatable bonds is 4. The molecular weight excluding hydrogens is 336 g/mol. The molecule has 0 bridgehead atoms. The minimum atomic E-state index is 0.642. The lowest BCUT2D eigenvalue weighted by Crippen LogP contribution is -1.91. The standard InChI is InChI=1S/2C12H18.2C2H6/c1-9(2)11-5-7-12(8-6-11)10(3)4;1-9(2)11-6-5-7-12(8-11)10(3)4;2*1-2/h2*5-10H,1-4H3;2*1-2H3. The summed E-state index contributed by atoms with van der Waals surface area (Å²) in [7, 11) is 0.